The maximum atomic E-state index is 11.7. The summed E-state index contributed by atoms with van der Waals surface area (Å²) in [4.78, 5) is 11.7. The van der Waals surface area contributed by atoms with Crippen LogP contribution >= 0.6 is 0 Å². The number of nitrogens with one attached hydrogen (secondary N) is 2. The van der Waals surface area contributed by atoms with Gasteiger partial charge in [0.1, 0.15) is 0 Å². The Morgan fingerprint density at radius 1 is 1.40 bits per heavy atom. The zero-order valence-corrected chi connectivity index (χ0v) is 8.92. The molecule has 1 heterocycles. The molecule has 1 fully saturated rings. The van der Waals surface area contributed by atoms with Crippen molar-refractivity contribution in [1.82, 2.24) is 5.32 Å². The van der Waals surface area contributed by atoms with Crippen LogP contribution < -0.4 is 10.6 Å². The maximum absolute atomic E-state index is 11.7. The number of anilines is 1. The van der Waals surface area contributed by atoms with E-state index in [2.05, 4.69) is 10.6 Å². The molecule has 3 heteroatoms. The van der Waals surface area contributed by atoms with Crippen molar-refractivity contribution < 1.29 is 4.79 Å². The van der Waals surface area contributed by atoms with Gasteiger partial charge in [-0.3, -0.25) is 4.79 Å². The summed E-state index contributed by atoms with van der Waals surface area (Å²) in [7, 11) is 0. The Labute approximate surface area is 89.9 Å². The van der Waals surface area contributed by atoms with Gasteiger partial charge in [-0.2, -0.15) is 0 Å². The molecule has 0 aromatic heterocycles. The first-order chi connectivity index (χ1) is 7.25. The van der Waals surface area contributed by atoms with Crippen LogP contribution in [0.25, 0.3) is 0 Å². The molecular weight excluding hydrogens is 188 g/mol. The number of amides is 1. The van der Waals surface area contributed by atoms with Gasteiger partial charge >= 0.3 is 0 Å². The summed E-state index contributed by atoms with van der Waals surface area (Å²) in [5, 5.41) is 6.12. The van der Waals surface area contributed by atoms with Gasteiger partial charge in [0.05, 0.1) is 5.92 Å². The maximum Gasteiger partial charge on any atom is 0.228 e. The lowest BCUT2D eigenvalue weighted by Crippen LogP contribution is -2.24. The molecule has 1 aliphatic rings. The highest BCUT2D eigenvalue weighted by Crippen LogP contribution is 2.13. The first kappa shape index (κ1) is 10.2. The topological polar surface area (TPSA) is 41.1 Å². The molecule has 2 N–H and O–H groups in total. The summed E-state index contributed by atoms with van der Waals surface area (Å²) in [6.45, 7) is 3.79. The van der Waals surface area contributed by atoms with Gasteiger partial charge in [-0.15, -0.1) is 0 Å². The summed E-state index contributed by atoms with van der Waals surface area (Å²) in [6, 6.07) is 7.89. The van der Waals surface area contributed by atoms with Crippen molar-refractivity contribution >= 4 is 11.6 Å². The second-order valence-corrected chi connectivity index (χ2v) is 4.04. The molecule has 1 unspecified atom stereocenters. The average Bonchev–Trinajstić information content (AvgIpc) is 2.74. The van der Waals surface area contributed by atoms with Crippen molar-refractivity contribution in [2.45, 2.75) is 13.3 Å². The number of aryl methyl sites for hydroxylation is 1. The van der Waals surface area contributed by atoms with E-state index in [0.29, 0.717) is 0 Å². The van der Waals surface area contributed by atoms with E-state index in [-0.39, 0.29) is 11.8 Å². The molecule has 3 nitrogen and oxygen atoms in total. The highest BCUT2D eigenvalue weighted by molar-refractivity contribution is 5.92. The second kappa shape index (κ2) is 4.45. The standard InChI is InChI=1S/C12H16N2O/c1-9-2-4-11(5-3-9)14-12(15)10-6-7-13-8-10/h2-5,10,13H,6-8H2,1H3,(H,14,15). The molecule has 80 valence electrons. The zero-order chi connectivity index (χ0) is 10.7. The van der Waals surface area contributed by atoms with Crippen LogP contribution in [0.2, 0.25) is 0 Å². The minimum absolute atomic E-state index is 0.129. The number of hydrogen-bond acceptors (Lipinski definition) is 2. The van der Waals surface area contributed by atoms with Gasteiger partial charge in [0.15, 0.2) is 0 Å². The van der Waals surface area contributed by atoms with Crippen LogP contribution in [0.3, 0.4) is 0 Å². The smallest absolute Gasteiger partial charge is 0.228 e. The van der Waals surface area contributed by atoms with E-state index < -0.39 is 0 Å². The van der Waals surface area contributed by atoms with E-state index >= 15 is 0 Å². The van der Waals surface area contributed by atoms with Crippen molar-refractivity contribution in [2.75, 3.05) is 18.4 Å². The van der Waals surface area contributed by atoms with Gasteiger partial charge in [0.2, 0.25) is 5.91 Å². The van der Waals surface area contributed by atoms with Crippen molar-refractivity contribution in [3.63, 3.8) is 0 Å². The molecule has 15 heavy (non-hydrogen) atoms. The molecule has 0 radical (unpaired) electrons. The fraction of sp³-hybridized carbons (Fsp3) is 0.417. The van der Waals surface area contributed by atoms with Gasteiger partial charge in [-0.05, 0) is 32.0 Å². The Morgan fingerprint density at radius 3 is 2.73 bits per heavy atom. The first-order valence-corrected chi connectivity index (χ1v) is 5.34. The summed E-state index contributed by atoms with van der Waals surface area (Å²) < 4.78 is 0. The van der Waals surface area contributed by atoms with Gasteiger partial charge in [-0.25, -0.2) is 0 Å². The zero-order valence-electron chi connectivity index (χ0n) is 8.92. The molecule has 1 amide bonds. The molecule has 1 saturated heterocycles. The van der Waals surface area contributed by atoms with E-state index in [4.69, 9.17) is 0 Å². The Morgan fingerprint density at radius 2 is 2.13 bits per heavy atom. The highest BCUT2D eigenvalue weighted by atomic mass is 16.1. The monoisotopic (exact) mass is 204 g/mol. The van der Waals surface area contributed by atoms with Crippen molar-refractivity contribution in [2.24, 2.45) is 5.92 Å². The Hall–Kier alpha value is -1.35. The fourth-order valence-corrected chi connectivity index (χ4v) is 1.76. The summed E-state index contributed by atoms with van der Waals surface area (Å²) in [6.07, 6.45) is 0.942. The van der Waals surface area contributed by atoms with Gasteiger partial charge in [0.25, 0.3) is 0 Å². The van der Waals surface area contributed by atoms with Crippen LogP contribution in [-0.2, 0) is 4.79 Å². The van der Waals surface area contributed by atoms with Gasteiger partial charge in [0, 0.05) is 12.2 Å². The largest absolute Gasteiger partial charge is 0.326 e. The molecule has 1 atom stereocenters. The third-order valence-corrected chi connectivity index (χ3v) is 2.75. The summed E-state index contributed by atoms with van der Waals surface area (Å²) >= 11 is 0. The van der Waals surface area contributed by atoms with E-state index in [9.17, 15) is 4.79 Å². The van der Waals surface area contributed by atoms with Crippen LogP contribution in [-0.4, -0.2) is 19.0 Å². The van der Waals surface area contributed by atoms with E-state index in [1.54, 1.807) is 0 Å². The molecule has 0 spiro atoms. The van der Waals surface area contributed by atoms with Gasteiger partial charge < -0.3 is 10.6 Å². The molecule has 0 saturated carbocycles. The number of hydrogen-bond donors (Lipinski definition) is 2. The number of carbonyl (C=O) groups excluding carboxylic acids is 1. The van der Waals surface area contributed by atoms with Gasteiger partial charge in [-0.1, -0.05) is 17.7 Å². The molecule has 1 aromatic carbocycles. The second-order valence-electron chi connectivity index (χ2n) is 4.04. The molecular formula is C12H16N2O. The lowest BCUT2D eigenvalue weighted by atomic mass is 10.1. The fourth-order valence-electron chi connectivity index (χ4n) is 1.76. The van der Waals surface area contributed by atoms with Crippen LogP contribution in [0, 0.1) is 12.8 Å². The predicted octanol–water partition coefficient (Wildman–Crippen LogP) is 1.54. The van der Waals surface area contributed by atoms with Crippen LogP contribution in [0.1, 0.15) is 12.0 Å². The minimum Gasteiger partial charge on any atom is -0.326 e. The lowest BCUT2D eigenvalue weighted by molar-refractivity contribution is -0.119. The van der Waals surface area contributed by atoms with Crippen molar-refractivity contribution in [3.05, 3.63) is 29.8 Å². The SMILES string of the molecule is Cc1ccc(NC(=O)C2CCNC2)cc1. The van der Waals surface area contributed by atoms with Crippen LogP contribution in [0.4, 0.5) is 5.69 Å². The van der Waals surface area contributed by atoms with E-state index in [0.717, 1.165) is 25.2 Å². The Kier molecular flexibility index (Phi) is 3.02. The van der Waals surface area contributed by atoms with Crippen molar-refractivity contribution in [1.29, 1.82) is 0 Å². The summed E-state index contributed by atoms with van der Waals surface area (Å²) in [5.41, 5.74) is 2.09. The van der Waals surface area contributed by atoms with Crippen LogP contribution in [0.5, 0.6) is 0 Å². The molecule has 1 aromatic rings. The summed E-state index contributed by atoms with van der Waals surface area (Å²) in [5.74, 6) is 0.259. The normalized spacial score (nSPS) is 20.2. The number of rotatable bonds is 2. The third kappa shape index (κ3) is 2.57. The predicted molar refractivity (Wildman–Crippen MR) is 60.8 cm³/mol. The molecule has 0 bridgehead atoms. The highest BCUT2D eigenvalue weighted by Gasteiger charge is 2.21. The van der Waals surface area contributed by atoms with E-state index in [1.165, 1.54) is 5.56 Å². The molecule has 2 rings (SSSR count). The quantitative estimate of drug-likeness (QED) is 0.767. The number of benzene rings is 1. The molecule has 1 aliphatic heterocycles. The number of carbonyl (C=O) groups is 1. The van der Waals surface area contributed by atoms with Crippen molar-refractivity contribution in [3.8, 4) is 0 Å². The third-order valence-electron chi connectivity index (χ3n) is 2.75. The minimum atomic E-state index is 0.129. The lowest BCUT2D eigenvalue weighted by Gasteiger charge is -2.09. The van der Waals surface area contributed by atoms with Crippen LogP contribution in [0.15, 0.2) is 24.3 Å². The Balaban J connectivity index is 1.96. The average molecular weight is 204 g/mol. The first-order valence-electron chi connectivity index (χ1n) is 5.34. The van der Waals surface area contributed by atoms with E-state index in [1.807, 2.05) is 31.2 Å². The molecule has 0 aliphatic carbocycles. The Bertz CT molecular complexity index is 339.